The molecule has 2 N–H and O–H groups in total. The summed E-state index contributed by atoms with van der Waals surface area (Å²) in [6.45, 7) is 2.58. The fraction of sp³-hybridized carbons (Fsp3) is 0.308. The smallest absolute Gasteiger partial charge is 0.254 e. The molecule has 1 atom stereocenters. The Labute approximate surface area is 111 Å². The highest BCUT2D eigenvalue weighted by Gasteiger charge is 2.10. The van der Waals surface area contributed by atoms with Gasteiger partial charge in [0.05, 0.1) is 23.6 Å². The van der Waals surface area contributed by atoms with Gasteiger partial charge in [-0.2, -0.15) is 5.10 Å². The van der Waals surface area contributed by atoms with Gasteiger partial charge in [0.2, 0.25) is 0 Å². The third kappa shape index (κ3) is 3.38. The highest BCUT2D eigenvalue weighted by Crippen LogP contribution is 2.06. The molecule has 100 valence electrons. The van der Waals surface area contributed by atoms with Gasteiger partial charge in [0, 0.05) is 25.0 Å². The van der Waals surface area contributed by atoms with Gasteiger partial charge >= 0.3 is 0 Å². The summed E-state index contributed by atoms with van der Waals surface area (Å²) in [5, 5.41) is 10.1. The lowest BCUT2D eigenvalue weighted by Crippen LogP contribution is -2.37. The van der Waals surface area contributed by atoms with Gasteiger partial charge in [-0.25, -0.2) is 4.68 Å². The fourth-order valence-corrected chi connectivity index (χ4v) is 1.52. The first kappa shape index (κ1) is 13.2. The lowest BCUT2D eigenvalue weighted by molar-refractivity contribution is 0.0950. The Bertz CT molecular complexity index is 537. The van der Waals surface area contributed by atoms with Gasteiger partial charge in [-0.15, -0.1) is 0 Å². The Morgan fingerprint density at radius 1 is 1.47 bits per heavy atom. The van der Waals surface area contributed by atoms with Crippen molar-refractivity contribution in [2.24, 2.45) is 0 Å². The lowest BCUT2D eigenvalue weighted by atomic mass is 10.3. The second-order valence-electron chi connectivity index (χ2n) is 4.28. The second kappa shape index (κ2) is 6.10. The Morgan fingerprint density at radius 3 is 3.00 bits per heavy atom. The van der Waals surface area contributed by atoms with Crippen LogP contribution in [0, 0.1) is 0 Å². The van der Waals surface area contributed by atoms with Crippen LogP contribution in [0.2, 0.25) is 0 Å². The van der Waals surface area contributed by atoms with Crippen LogP contribution >= 0.6 is 0 Å². The van der Waals surface area contributed by atoms with Crippen molar-refractivity contribution in [3.63, 3.8) is 0 Å². The van der Waals surface area contributed by atoms with Gasteiger partial charge in [0.1, 0.15) is 0 Å². The van der Waals surface area contributed by atoms with E-state index in [1.54, 1.807) is 29.5 Å². The van der Waals surface area contributed by atoms with E-state index in [0.29, 0.717) is 12.1 Å². The number of nitrogens with zero attached hydrogens (tertiary/aromatic N) is 3. The number of rotatable bonds is 5. The Morgan fingerprint density at radius 2 is 2.32 bits per heavy atom. The van der Waals surface area contributed by atoms with Crippen molar-refractivity contribution in [2.45, 2.75) is 13.0 Å². The van der Waals surface area contributed by atoms with Crippen LogP contribution in [0.5, 0.6) is 0 Å². The molecule has 0 spiro atoms. The average Bonchev–Trinajstić information content (AvgIpc) is 2.95. The Kier molecular flexibility index (Phi) is 4.25. The summed E-state index contributed by atoms with van der Waals surface area (Å²) in [7, 11) is 1.86. The molecule has 2 heterocycles. The predicted molar refractivity (Wildman–Crippen MR) is 72.2 cm³/mol. The van der Waals surface area contributed by atoms with E-state index >= 15 is 0 Å². The summed E-state index contributed by atoms with van der Waals surface area (Å²) < 4.78 is 1.63. The van der Waals surface area contributed by atoms with Crippen molar-refractivity contribution >= 4 is 5.91 Å². The van der Waals surface area contributed by atoms with Crippen molar-refractivity contribution in [2.75, 3.05) is 13.6 Å². The zero-order valence-electron chi connectivity index (χ0n) is 11.0. The summed E-state index contributed by atoms with van der Waals surface area (Å²) >= 11 is 0. The first-order valence-corrected chi connectivity index (χ1v) is 6.11. The largest absolute Gasteiger partial charge is 0.350 e. The fourth-order valence-electron chi connectivity index (χ4n) is 1.52. The van der Waals surface area contributed by atoms with E-state index < -0.39 is 0 Å². The maximum atomic E-state index is 11.9. The molecule has 0 radical (unpaired) electrons. The normalized spacial score (nSPS) is 12.1. The maximum absolute atomic E-state index is 11.9. The standard InChI is InChI=1S/C13H17N5O/c1-10(14-2)6-16-13(19)11-7-17-18(9-11)12-4-3-5-15-8-12/h3-5,7-10,14H,6H2,1-2H3,(H,16,19). The quantitative estimate of drug-likeness (QED) is 0.825. The molecule has 6 nitrogen and oxygen atoms in total. The molecule has 6 heteroatoms. The van der Waals surface area contributed by atoms with E-state index in [4.69, 9.17) is 0 Å². The maximum Gasteiger partial charge on any atom is 0.254 e. The molecule has 0 saturated carbocycles. The zero-order chi connectivity index (χ0) is 13.7. The minimum Gasteiger partial charge on any atom is -0.350 e. The summed E-state index contributed by atoms with van der Waals surface area (Å²) in [5.74, 6) is -0.128. The number of hydrogen-bond acceptors (Lipinski definition) is 4. The number of aromatic nitrogens is 3. The van der Waals surface area contributed by atoms with Crippen molar-refractivity contribution in [1.82, 2.24) is 25.4 Å². The van der Waals surface area contributed by atoms with Crippen molar-refractivity contribution in [1.29, 1.82) is 0 Å². The van der Waals surface area contributed by atoms with Crippen LogP contribution in [-0.4, -0.2) is 40.3 Å². The van der Waals surface area contributed by atoms with Crippen LogP contribution in [-0.2, 0) is 0 Å². The molecule has 0 fully saturated rings. The minimum absolute atomic E-state index is 0.128. The van der Waals surface area contributed by atoms with Crippen molar-refractivity contribution < 1.29 is 4.79 Å². The van der Waals surface area contributed by atoms with E-state index in [2.05, 4.69) is 20.7 Å². The summed E-state index contributed by atoms with van der Waals surface area (Å²) in [6.07, 6.45) is 6.63. The molecule has 2 aromatic heterocycles. The van der Waals surface area contributed by atoms with Gasteiger partial charge in [-0.05, 0) is 26.1 Å². The number of carbonyl (C=O) groups is 1. The van der Waals surface area contributed by atoms with E-state index in [0.717, 1.165) is 5.69 Å². The Balaban J connectivity index is 2.03. The third-order valence-corrected chi connectivity index (χ3v) is 2.82. The molecule has 2 aromatic rings. The van der Waals surface area contributed by atoms with Gasteiger partial charge in [-0.3, -0.25) is 9.78 Å². The van der Waals surface area contributed by atoms with E-state index in [1.165, 1.54) is 0 Å². The lowest BCUT2D eigenvalue weighted by Gasteiger charge is -2.10. The van der Waals surface area contributed by atoms with Gasteiger partial charge in [0.25, 0.3) is 5.91 Å². The SMILES string of the molecule is CNC(C)CNC(=O)c1cnn(-c2cccnc2)c1. The van der Waals surface area contributed by atoms with Gasteiger partial charge in [0.15, 0.2) is 0 Å². The number of amides is 1. The molecule has 19 heavy (non-hydrogen) atoms. The molecule has 2 rings (SSSR count). The van der Waals surface area contributed by atoms with Crippen LogP contribution in [0.25, 0.3) is 5.69 Å². The molecule has 0 saturated heterocycles. The molecule has 1 amide bonds. The van der Waals surface area contributed by atoms with Crippen LogP contribution in [0.1, 0.15) is 17.3 Å². The van der Waals surface area contributed by atoms with Crippen LogP contribution in [0.3, 0.4) is 0 Å². The Hall–Kier alpha value is -2.21. The average molecular weight is 259 g/mol. The van der Waals surface area contributed by atoms with E-state index in [1.807, 2.05) is 26.1 Å². The monoisotopic (exact) mass is 259 g/mol. The molecular formula is C13H17N5O. The predicted octanol–water partition coefficient (Wildman–Crippen LogP) is 0.605. The highest BCUT2D eigenvalue weighted by atomic mass is 16.1. The van der Waals surface area contributed by atoms with E-state index in [-0.39, 0.29) is 11.9 Å². The summed E-state index contributed by atoms with van der Waals surface area (Å²) in [5.41, 5.74) is 1.36. The summed E-state index contributed by atoms with van der Waals surface area (Å²) in [4.78, 5) is 15.9. The first-order chi connectivity index (χ1) is 9.20. The van der Waals surface area contributed by atoms with Crippen molar-refractivity contribution in [3.05, 3.63) is 42.5 Å². The molecule has 0 aliphatic heterocycles. The molecule has 0 aromatic carbocycles. The van der Waals surface area contributed by atoms with Crippen LogP contribution in [0.15, 0.2) is 36.9 Å². The van der Waals surface area contributed by atoms with Crippen LogP contribution < -0.4 is 10.6 Å². The van der Waals surface area contributed by atoms with E-state index in [9.17, 15) is 4.79 Å². The topological polar surface area (TPSA) is 71.8 Å². The van der Waals surface area contributed by atoms with Gasteiger partial charge in [-0.1, -0.05) is 0 Å². The molecule has 0 bridgehead atoms. The number of pyridine rings is 1. The van der Waals surface area contributed by atoms with Crippen molar-refractivity contribution in [3.8, 4) is 5.69 Å². The number of hydrogen-bond donors (Lipinski definition) is 2. The second-order valence-corrected chi connectivity index (χ2v) is 4.28. The molecule has 0 aliphatic carbocycles. The zero-order valence-corrected chi connectivity index (χ0v) is 11.0. The van der Waals surface area contributed by atoms with Crippen LogP contribution in [0.4, 0.5) is 0 Å². The third-order valence-electron chi connectivity index (χ3n) is 2.82. The highest BCUT2D eigenvalue weighted by molar-refractivity contribution is 5.93. The number of likely N-dealkylation sites (N-methyl/N-ethyl adjacent to an activating group) is 1. The molecule has 1 unspecified atom stereocenters. The number of carbonyl (C=O) groups excluding carboxylic acids is 1. The minimum atomic E-state index is -0.128. The molecular weight excluding hydrogens is 242 g/mol. The molecule has 0 aliphatic rings. The summed E-state index contributed by atoms with van der Waals surface area (Å²) in [6, 6.07) is 3.94. The number of nitrogens with one attached hydrogen (secondary N) is 2. The first-order valence-electron chi connectivity index (χ1n) is 6.11. The van der Waals surface area contributed by atoms with Gasteiger partial charge < -0.3 is 10.6 Å².